The summed E-state index contributed by atoms with van der Waals surface area (Å²) in [7, 11) is 0. The Labute approximate surface area is 185 Å². The molecular weight excluding hydrogens is 392 g/mol. The zero-order chi connectivity index (χ0) is 20.6. The van der Waals surface area contributed by atoms with Crippen molar-refractivity contribution in [1.82, 2.24) is 0 Å². The molecule has 0 nitrogen and oxygen atoms in total. The molecule has 0 saturated heterocycles. The highest BCUT2D eigenvalue weighted by Crippen LogP contribution is 2.33. The summed E-state index contributed by atoms with van der Waals surface area (Å²) in [6.07, 6.45) is 0. The SMILES string of the molecule is c1ccc2c(c1)sc1ccccc12.c1ccc2cc3cc4ccccc4cc3cc2c1. The molecule has 0 aliphatic carbocycles. The lowest BCUT2D eigenvalue weighted by atomic mass is 10.00. The summed E-state index contributed by atoms with van der Waals surface area (Å²) in [6.45, 7) is 0. The zero-order valence-corrected chi connectivity index (χ0v) is 17.8. The number of hydrogen-bond acceptors (Lipinski definition) is 1. The minimum absolute atomic E-state index is 1.31. The summed E-state index contributed by atoms with van der Waals surface area (Å²) in [4.78, 5) is 0. The molecule has 6 aromatic carbocycles. The van der Waals surface area contributed by atoms with E-state index >= 15 is 0 Å². The van der Waals surface area contributed by atoms with Gasteiger partial charge in [-0.3, -0.25) is 0 Å². The van der Waals surface area contributed by atoms with Crippen molar-refractivity contribution in [1.29, 1.82) is 0 Å². The van der Waals surface area contributed by atoms with Crippen LogP contribution in [0.15, 0.2) is 121 Å². The maximum absolute atomic E-state index is 2.27. The summed E-state index contributed by atoms with van der Waals surface area (Å²) < 4.78 is 2.76. The molecule has 0 amide bonds. The topological polar surface area (TPSA) is 0 Å². The van der Waals surface area contributed by atoms with Crippen LogP contribution in [0.25, 0.3) is 52.5 Å². The van der Waals surface area contributed by atoms with E-state index in [0.29, 0.717) is 0 Å². The molecular formula is C30H20S. The Balaban J connectivity index is 0.000000126. The minimum Gasteiger partial charge on any atom is -0.135 e. The summed E-state index contributed by atoms with van der Waals surface area (Å²) in [5.74, 6) is 0. The van der Waals surface area contributed by atoms with E-state index in [1.165, 1.54) is 52.5 Å². The van der Waals surface area contributed by atoms with Gasteiger partial charge in [0.25, 0.3) is 0 Å². The standard InChI is InChI=1S/C18H12.C12H8S/c1-2-6-14-10-18-12-16-8-4-3-7-15(16)11-17(18)9-13(14)5-1;1-3-7-11-9(5-1)10-6-2-4-8-12(10)13-11/h1-12H;1-8H. The van der Waals surface area contributed by atoms with Crippen LogP contribution in [0.2, 0.25) is 0 Å². The fraction of sp³-hybridized carbons (Fsp3) is 0. The first kappa shape index (κ1) is 18.1. The third-order valence-electron chi connectivity index (χ3n) is 5.85. The highest BCUT2D eigenvalue weighted by atomic mass is 32.1. The van der Waals surface area contributed by atoms with Gasteiger partial charge in [0.15, 0.2) is 0 Å². The van der Waals surface area contributed by atoms with Gasteiger partial charge in [0.2, 0.25) is 0 Å². The van der Waals surface area contributed by atoms with Crippen molar-refractivity contribution in [3.63, 3.8) is 0 Å². The van der Waals surface area contributed by atoms with Crippen LogP contribution in [0.4, 0.5) is 0 Å². The molecule has 1 heterocycles. The van der Waals surface area contributed by atoms with Crippen LogP contribution in [0.3, 0.4) is 0 Å². The van der Waals surface area contributed by atoms with Gasteiger partial charge in [-0.1, -0.05) is 84.9 Å². The van der Waals surface area contributed by atoms with Crippen molar-refractivity contribution in [2.75, 3.05) is 0 Å². The predicted octanol–water partition coefficient (Wildman–Crippen LogP) is 9.20. The molecule has 0 aliphatic rings. The van der Waals surface area contributed by atoms with Crippen LogP contribution in [0, 0.1) is 0 Å². The lowest BCUT2D eigenvalue weighted by molar-refractivity contribution is 1.77. The first-order valence-corrected chi connectivity index (χ1v) is 11.3. The van der Waals surface area contributed by atoms with Crippen LogP contribution >= 0.6 is 11.3 Å². The molecule has 146 valence electrons. The minimum atomic E-state index is 1.31. The first-order chi connectivity index (χ1) is 15.3. The smallest absolute Gasteiger partial charge is 0.0355 e. The monoisotopic (exact) mass is 412 g/mol. The van der Waals surface area contributed by atoms with Crippen molar-refractivity contribution in [3.8, 4) is 0 Å². The molecule has 0 unspecified atom stereocenters. The van der Waals surface area contributed by atoms with Gasteiger partial charge >= 0.3 is 0 Å². The zero-order valence-electron chi connectivity index (χ0n) is 17.0. The van der Waals surface area contributed by atoms with Crippen LogP contribution in [-0.4, -0.2) is 0 Å². The Bertz CT molecular complexity index is 1490. The van der Waals surface area contributed by atoms with Crippen LogP contribution < -0.4 is 0 Å². The highest BCUT2D eigenvalue weighted by Gasteiger charge is 2.02. The van der Waals surface area contributed by atoms with Crippen molar-refractivity contribution < 1.29 is 0 Å². The van der Waals surface area contributed by atoms with E-state index in [4.69, 9.17) is 0 Å². The first-order valence-electron chi connectivity index (χ1n) is 10.5. The Kier molecular flexibility index (Phi) is 4.40. The molecule has 1 heteroatoms. The molecule has 31 heavy (non-hydrogen) atoms. The van der Waals surface area contributed by atoms with Gasteiger partial charge in [-0.25, -0.2) is 0 Å². The maximum atomic E-state index is 2.27. The molecule has 1 aromatic heterocycles. The number of hydrogen-bond donors (Lipinski definition) is 0. The predicted molar refractivity (Wildman–Crippen MR) is 138 cm³/mol. The lowest BCUT2D eigenvalue weighted by Crippen LogP contribution is -1.78. The van der Waals surface area contributed by atoms with Gasteiger partial charge in [0.05, 0.1) is 0 Å². The molecule has 0 N–H and O–H groups in total. The second kappa shape index (κ2) is 7.54. The third kappa shape index (κ3) is 3.34. The van der Waals surface area contributed by atoms with Gasteiger partial charge in [-0.15, -0.1) is 11.3 Å². The Morgan fingerprint density at radius 2 is 0.645 bits per heavy atom. The largest absolute Gasteiger partial charge is 0.135 e. The Morgan fingerprint density at radius 1 is 0.323 bits per heavy atom. The molecule has 0 bridgehead atoms. The van der Waals surface area contributed by atoms with Crippen molar-refractivity contribution >= 4 is 63.8 Å². The molecule has 0 saturated carbocycles. The van der Waals surface area contributed by atoms with E-state index in [-0.39, 0.29) is 0 Å². The summed E-state index contributed by atoms with van der Waals surface area (Å²) in [5.41, 5.74) is 0. The van der Waals surface area contributed by atoms with Crippen molar-refractivity contribution in [3.05, 3.63) is 121 Å². The second-order valence-electron chi connectivity index (χ2n) is 7.84. The molecule has 0 fully saturated rings. The van der Waals surface area contributed by atoms with E-state index in [1.54, 1.807) is 0 Å². The van der Waals surface area contributed by atoms with E-state index in [0.717, 1.165) is 0 Å². The Hall–Kier alpha value is -3.68. The summed E-state index contributed by atoms with van der Waals surface area (Å²) in [5, 5.41) is 10.6. The van der Waals surface area contributed by atoms with Crippen LogP contribution in [0.1, 0.15) is 0 Å². The van der Waals surface area contributed by atoms with Gasteiger partial charge < -0.3 is 0 Å². The normalized spacial score (nSPS) is 11.2. The third-order valence-corrected chi connectivity index (χ3v) is 7.01. The maximum Gasteiger partial charge on any atom is 0.0355 e. The van der Waals surface area contributed by atoms with E-state index < -0.39 is 0 Å². The van der Waals surface area contributed by atoms with E-state index in [9.17, 15) is 0 Å². The average molecular weight is 413 g/mol. The number of benzene rings is 6. The number of fused-ring (bicyclic) bond motifs is 6. The summed E-state index contributed by atoms with van der Waals surface area (Å²) in [6, 6.07) is 43.3. The van der Waals surface area contributed by atoms with Crippen molar-refractivity contribution in [2.24, 2.45) is 0 Å². The molecule has 0 aliphatic heterocycles. The summed E-state index contributed by atoms with van der Waals surface area (Å²) >= 11 is 1.86. The van der Waals surface area contributed by atoms with Gasteiger partial charge in [-0.2, -0.15) is 0 Å². The Morgan fingerprint density at radius 3 is 1.03 bits per heavy atom. The van der Waals surface area contributed by atoms with Gasteiger partial charge in [0, 0.05) is 20.2 Å². The second-order valence-corrected chi connectivity index (χ2v) is 8.92. The van der Waals surface area contributed by atoms with E-state index in [2.05, 4.69) is 121 Å². The fourth-order valence-corrected chi connectivity index (χ4v) is 5.42. The van der Waals surface area contributed by atoms with Crippen molar-refractivity contribution in [2.45, 2.75) is 0 Å². The molecule has 0 atom stereocenters. The van der Waals surface area contributed by atoms with Crippen LogP contribution in [0.5, 0.6) is 0 Å². The van der Waals surface area contributed by atoms with Crippen LogP contribution in [-0.2, 0) is 0 Å². The van der Waals surface area contributed by atoms with E-state index in [1.807, 2.05) is 11.3 Å². The fourth-order valence-electron chi connectivity index (χ4n) is 4.31. The molecule has 0 radical (unpaired) electrons. The number of thiophene rings is 1. The quantitative estimate of drug-likeness (QED) is 0.218. The molecule has 7 rings (SSSR count). The van der Waals surface area contributed by atoms with Gasteiger partial charge in [-0.05, 0) is 68.7 Å². The van der Waals surface area contributed by atoms with Gasteiger partial charge in [0.1, 0.15) is 0 Å². The molecule has 0 spiro atoms. The highest BCUT2D eigenvalue weighted by molar-refractivity contribution is 7.25. The number of rotatable bonds is 0. The average Bonchev–Trinajstić information content (AvgIpc) is 3.20. The lowest BCUT2D eigenvalue weighted by Gasteiger charge is -2.04. The molecule has 7 aromatic rings.